The Labute approximate surface area is 107 Å². The minimum Gasteiger partial charge on any atom is -0.302 e. The third-order valence-electron chi connectivity index (χ3n) is 4.08. The van der Waals surface area contributed by atoms with Gasteiger partial charge in [0, 0.05) is 52.4 Å². The van der Waals surface area contributed by atoms with E-state index in [4.69, 9.17) is 0 Å². The van der Waals surface area contributed by atoms with Crippen LogP contribution >= 0.6 is 0 Å². The predicted octanol–water partition coefficient (Wildman–Crippen LogP) is 1.21. The maximum atomic E-state index is 2.67. The molecule has 3 nitrogen and oxygen atoms in total. The van der Waals surface area contributed by atoms with Gasteiger partial charge in [-0.05, 0) is 18.4 Å². The molecule has 0 aromatic rings. The standard InChI is InChI=1S/C14H29N3/c1-4-15-5-7-16(8-6-15)10-14-11-17(12-14)9-13(2)3/h13-14H,4-12H2,1-3H3. The lowest BCUT2D eigenvalue weighted by Crippen LogP contribution is -2.55. The molecule has 100 valence electrons. The highest BCUT2D eigenvalue weighted by Crippen LogP contribution is 2.18. The second-order valence-corrected chi connectivity index (χ2v) is 6.21. The molecule has 0 radical (unpaired) electrons. The highest BCUT2D eigenvalue weighted by atomic mass is 15.3. The van der Waals surface area contributed by atoms with Gasteiger partial charge < -0.3 is 14.7 Å². The Balaban J connectivity index is 1.58. The van der Waals surface area contributed by atoms with Crippen LogP contribution in [0.15, 0.2) is 0 Å². The molecule has 2 fully saturated rings. The first kappa shape index (κ1) is 13.3. The van der Waals surface area contributed by atoms with Crippen LogP contribution in [0.1, 0.15) is 20.8 Å². The van der Waals surface area contributed by atoms with Crippen molar-refractivity contribution in [1.82, 2.24) is 14.7 Å². The molecule has 2 rings (SSSR count). The van der Waals surface area contributed by atoms with Crippen LogP contribution in [0.5, 0.6) is 0 Å². The van der Waals surface area contributed by atoms with Crippen molar-refractivity contribution in [3.05, 3.63) is 0 Å². The molecular formula is C14H29N3. The van der Waals surface area contributed by atoms with E-state index in [0.717, 1.165) is 11.8 Å². The van der Waals surface area contributed by atoms with Crippen LogP contribution in [0.2, 0.25) is 0 Å². The van der Waals surface area contributed by atoms with Gasteiger partial charge in [0.05, 0.1) is 0 Å². The highest BCUT2D eigenvalue weighted by Gasteiger charge is 2.29. The van der Waals surface area contributed by atoms with Crippen LogP contribution in [0, 0.1) is 11.8 Å². The molecule has 0 aromatic carbocycles. The molecule has 0 N–H and O–H groups in total. The van der Waals surface area contributed by atoms with Crippen LogP contribution < -0.4 is 0 Å². The van der Waals surface area contributed by atoms with Gasteiger partial charge in [0.1, 0.15) is 0 Å². The summed E-state index contributed by atoms with van der Waals surface area (Å²) in [5.74, 6) is 1.77. The summed E-state index contributed by atoms with van der Waals surface area (Å²) in [5.41, 5.74) is 0. The Bertz CT molecular complexity index is 216. The summed E-state index contributed by atoms with van der Waals surface area (Å²) in [7, 11) is 0. The highest BCUT2D eigenvalue weighted by molar-refractivity contribution is 4.84. The van der Waals surface area contributed by atoms with Crippen molar-refractivity contribution >= 4 is 0 Å². The largest absolute Gasteiger partial charge is 0.302 e. The fourth-order valence-corrected chi connectivity index (χ4v) is 3.11. The van der Waals surface area contributed by atoms with Gasteiger partial charge in [0.2, 0.25) is 0 Å². The lowest BCUT2D eigenvalue weighted by molar-refractivity contribution is 0.0411. The zero-order chi connectivity index (χ0) is 12.3. The van der Waals surface area contributed by atoms with E-state index in [-0.39, 0.29) is 0 Å². The summed E-state index contributed by atoms with van der Waals surface area (Å²) in [4.78, 5) is 7.84. The molecule has 2 aliphatic rings. The average Bonchev–Trinajstić information content (AvgIpc) is 2.26. The fraction of sp³-hybridized carbons (Fsp3) is 1.00. The lowest BCUT2D eigenvalue weighted by Gasteiger charge is -2.44. The molecule has 0 saturated carbocycles. The molecule has 0 spiro atoms. The molecule has 17 heavy (non-hydrogen) atoms. The topological polar surface area (TPSA) is 9.72 Å². The van der Waals surface area contributed by atoms with Crippen molar-refractivity contribution in [2.45, 2.75) is 20.8 Å². The average molecular weight is 239 g/mol. The van der Waals surface area contributed by atoms with Crippen LogP contribution in [0.3, 0.4) is 0 Å². The van der Waals surface area contributed by atoms with Crippen molar-refractivity contribution in [2.75, 3.05) is 58.9 Å². The number of rotatable bonds is 5. The Morgan fingerprint density at radius 2 is 1.53 bits per heavy atom. The Kier molecular flexibility index (Phi) is 4.83. The van der Waals surface area contributed by atoms with E-state index in [1.54, 1.807) is 0 Å². The van der Waals surface area contributed by atoms with Gasteiger partial charge >= 0.3 is 0 Å². The maximum absolute atomic E-state index is 2.67. The number of hydrogen-bond acceptors (Lipinski definition) is 3. The van der Waals surface area contributed by atoms with Crippen molar-refractivity contribution in [1.29, 1.82) is 0 Å². The van der Waals surface area contributed by atoms with Crippen molar-refractivity contribution in [3.63, 3.8) is 0 Å². The van der Waals surface area contributed by atoms with Gasteiger partial charge in [-0.25, -0.2) is 0 Å². The minimum atomic E-state index is 0.823. The van der Waals surface area contributed by atoms with E-state index in [1.807, 2.05) is 0 Å². The number of nitrogens with zero attached hydrogens (tertiary/aromatic N) is 3. The second-order valence-electron chi connectivity index (χ2n) is 6.21. The number of likely N-dealkylation sites (N-methyl/N-ethyl adjacent to an activating group) is 1. The molecule has 0 bridgehead atoms. The monoisotopic (exact) mass is 239 g/mol. The predicted molar refractivity (Wildman–Crippen MR) is 73.3 cm³/mol. The fourth-order valence-electron chi connectivity index (χ4n) is 3.11. The van der Waals surface area contributed by atoms with Gasteiger partial charge in [-0.15, -0.1) is 0 Å². The van der Waals surface area contributed by atoms with Crippen molar-refractivity contribution in [3.8, 4) is 0 Å². The van der Waals surface area contributed by atoms with Crippen LogP contribution in [-0.4, -0.2) is 73.6 Å². The van der Waals surface area contributed by atoms with E-state index < -0.39 is 0 Å². The minimum absolute atomic E-state index is 0.823. The first-order valence-corrected chi connectivity index (χ1v) is 7.34. The van der Waals surface area contributed by atoms with Crippen LogP contribution in [-0.2, 0) is 0 Å². The summed E-state index contributed by atoms with van der Waals surface area (Å²) in [6.07, 6.45) is 0. The number of likely N-dealkylation sites (tertiary alicyclic amines) is 1. The smallest absolute Gasteiger partial charge is 0.0110 e. The first-order chi connectivity index (χ1) is 8.17. The van der Waals surface area contributed by atoms with E-state index >= 15 is 0 Å². The molecule has 3 heteroatoms. The zero-order valence-electron chi connectivity index (χ0n) is 11.9. The summed E-state index contributed by atoms with van der Waals surface area (Å²) in [5, 5.41) is 0. The molecule has 0 atom stereocenters. The second kappa shape index (κ2) is 6.17. The summed E-state index contributed by atoms with van der Waals surface area (Å²) < 4.78 is 0. The zero-order valence-corrected chi connectivity index (χ0v) is 11.9. The van der Waals surface area contributed by atoms with E-state index in [9.17, 15) is 0 Å². The maximum Gasteiger partial charge on any atom is 0.0110 e. The first-order valence-electron chi connectivity index (χ1n) is 7.34. The van der Waals surface area contributed by atoms with E-state index in [1.165, 1.54) is 58.9 Å². The number of piperazine rings is 1. The van der Waals surface area contributed by atoms with Gasteiger partial charge in [-0.3, -0.25) is 0 Å². The van der Waals surface area contributed by atoms with Gasteiger partial charge in [-0.2, -0.15) is 0 Å². The van der Waals surface area contributed by atoms with Gasteiger partial charge in [-0.1, -0.05) is 20.8 Å². The van der Waals surface area contributed by atoms with Gasteiger partial charge in [0.15, 0.2) is 0 Å². The molecule has 0 unspecified atom stereocenters. The molecule has 0 aromatic heterocycles. The molecule has 2 aliphatic heterocycles. The SMILES string of the molecule is CCN1CCN(CC2CN(CC(C)C)C2)CC1. The third kappa shape index (κ3) is 3.94. The Hall–Kier alpha value is -0.120. The molecule has 2 heterocycles. The van der Waals surface area contributed by atoms with Crippen molar-refractivity contribution in [2.24, 2.45) is 11.8 Å². The van der Waals surface area contributed by atoms with E-state index in [2.05, 4.69) is 35.5 Å². The summed E-state index contributed by atoms with van der Waals surface area (Å²) in [6.45, 7) is 18.6. The molecule has 2 saturated heterocycles. The lowest BCUT2D eigenvalue weighted by atomic mass is 9.97. The molecule has 0 aliphatic carbocycles. The van der Waals surface area contributed by atoms with E-state index in [0.29, 0.717) is 0 Å². The Morgan fingerprint density at radius 1 is 0.941 bits per heavy atom. The molecular weight excluding hydrogens is 210 g/mol. The number of hydrogen-bond donors (Lipinski definition) is 0. The quantitative estimate of drug-likeness (QED) is 0.714. The summed E-state index contributed by atoms with van der Waals surface area (Å²) >= 11 is 0. The van der Waals surface area contributed by atoms with Gasteiger partial charge in [0.25, 0.3) is 0 Å². The van der Waals surface area contributed by atoms with Crippen molar-refractivity contribution < 1.29 is 0 Å². The summed E-state index contributed by atoms with van der Waals surface area (Å²) in [6, 6.07) is 0. The Morgan fingerprint density at radius 3 is 2.06 bits per heavy atom. The van der Waals surface area contributed by atoms with Crippen LogP contribution in [0.4, 0.5) is 0 Å². The third-order valence-corrected chi connectivity index (χ3v) is 4.08. The molecule has 0 amide bonds. The van der Waals surface area contributed by atoms with Crippen LogP contribution in [0.25, 0.3) is 0 Å². The normalized spacial score (nSPS) is 25.4.